The normalized spacial score (nSPS) is 24.7. The van der Waals surface area contributed by atoms with Crippen molar-refractivity contribution in [3.63, 3.8) is 0 Å². The Morgan fingerprint density at radius 1 is 1.35 bits per heavy atom. The van der Waals surface area contributed by atoms with Crippen molar-refractivity contribution in [2.24, 2.45) is 5.92 Å². The first-order valence-corrected chi connectivity index (χ1v) is 8.12. The molecule has 1 aromatic carbocycles. The predicted molar refractivity (Wildman–Crippen MR) is 71.3 cm³/mol. The average molecular weight is 273 g/mol. The van der Waals surface area contributed by atoms with Crippen molar-refractivity contribution in [2.75, 3.05) is 11.5 Å². The van der Waals surface area contributed by atoms with Crippen molar-refractivity contribution in [3.05, 3.63) is 35.4 Å². The zero-order chi connectivity index (χ0) is 12.5. The lowest BCUT2D eigenvalue weighted by atomic mass is 9.98. The van der Waals surface area contributed by atoms with Gasteiger partial charge in [0.1, 0.15) is 0 Å². The van der Waals surface area contributed by atoms with Crippen LogP contribution in [0.4, 0.5) is 0 Å². The minimum atomic E-state index is -2.82. The van der Waals surface area contributed by atoms with E-state index in [4.69, 9.17) is 11.6 Å². The van der Waals surface area contributed by atoms with Crippen LogP contribution in [-0.4, -0.2) is 25.3 Å². The topological polar surface area (TPSA) is 34.1 Å². The molecule has 0 radical (unpaired) electrons. The van der Waals surface area contributed by atoms with Gasteiger partial charge in [-0.25, -0.2) is 8.42 Å². The number of rotatable bonds is 3. The van der Waals surface area contributed by atoms with E-state index in [1.807, 2.05) is 6.92 Å². The molecule has 1 aromatic rings. The Kier molecular flexibility index (Phi) is 3.79. The molecule has 2 unspecified atom stereocenters. The fourth-order valence-corrected chi connectivity index (χ4v) is 4.60. The van der Waals surface area contributed by atoms with Gasteiger partial charge in [0.25, 0.3) is 0 Å². The summed E-state index contributed by atoms with van der Waals surface area (Å²) in [5.74, 6) is 0.671. The molecule has 2 atom stereocenters. The summed E-state index contributed by atoms with van der Waals surface area (Å²) in [5, 5.41) is -0.0741. The molecule has 1 fully saturated rings. The number of hydrogen-bond donors (Lipinski definition) is 0. The summed E-state index contributed by atoms with van der Waals surface area (Å²) in [6.07, 6.45) is 1.46. The first-order chi connectivity index (χ1) is 7.96. The molecule has 1 aliphatic heterocycles. The van der Waals surface area contributed by atoms with Crippen LogP contribution >= 0.6 is 11.6 Å². The van der Waals surface area contributed by atoms with Crippen LogP contribution in [0, 0.1) is 12.8 Å². The van der Waals surface area contributed by atoms with Gasteiger partial charge < -0.3 is 0 Å². The monoisotopic (exact) mass is 272 g/mol. The first-order valence-electron chi connectivity index (χ1n) is 5.86. The van der Waals surface area contributed by atoms with E-state index in [-0.39, 0.29) is 17.0 Å². The van der Waals surface area contributed by atoms with Gasteiger partial charge in [-0.1, -0.05) is 29.8 Å². The summed E-state index contributed by atoms with van der Waals surface area (Å²) in [6, 6.07) is 8.25. The zero-order valence-electron chi connectivity index (χ0n) is 9.90. The largest absolute Gasteiger partial charge is 0.229 e. The molecular weight excluding hydrogens is 256 g/mol. The summed E-state index contributed by atoms with van der Waals surface area (Å²) in [5.41, 5.74) is 2.41. The summed E-state index contributed by atoms with van der Waals surface area (Å²) < 4.78 is 22.8. The highest BCUT2D eigenvalue weighted by Crippen LogP contribution is 2.27. The summed E-state index contributed by atoms with van der Waals surface area (Å²) in [7, 11) is -2.82. The first kappa shape index (κ1) is 12.9. The van der Waals surface area contributed by atoms with Crippen molar-refractivity contribution in [1.82, 2.24) is 0 Å². The van der Waals surface area contributed by atoms with E-state index in [1.54, 1.807) is 0 Å². The Morgan fingerprint density at radius 3 is 2.53 bits per heavy atom. The smallest absolute Gasteiger partial charge is 0.150 e. The third kappa shape index (κ3) is 3.46. The predicted octanol–water partition coefficient (Wildman–Crippen LogP) is 2.58. The Hall–Kier alpha value is -0.540. The Balaban J connectivity index is 1.98. The molecular formula is C13H17ClO2S. The SMILES string of the molecule is Cc1ccc(CC(Cl)C2CCS(=O)(=O)C2)cc1. The molecule has 2 nitrogen and oxygen atoms in total. The summed E-state index contributed by atoms with van der Waals surface area (Å²) >= 11 is 6.32. The van der Waals surface area contributed by atoms with Gasteiger partial charge in [0.05, 0.1) is 11.5 Å². The van der Waals surface area contributed by atoms with Crippen LogP contribution in [0.3, 0.4) is 0 Å². The standard InChI is InChI=1S/C13H17ClO2S/c1-10-2-4-11(5-3-10)8-13(14)12-6-7-17(15,16)9-12/h2-5,12-13H,6-9H2,1H3. The molecule has 0 bridgehead atoms. The van der Waals surface area contributed by atoms with Gasteiger partial charge in [-0.15, -0.1) is 11.6 Å². The number of alkyl halides is 1. The van der Waals surface area contributed by atoms with Gasteiger partial charge in [-0.3, -0.25) is 0 Å². The fourth-order valence-electron chi connectivity index (χ4n) is 2.23. The van der Waals surface area contributed by atoms with Gasteiger partial charge >= 0.3 is 0 Å². The number of halogens is 1. The minimum Gasteiger partial charge on any atom is -0.229 e. The van der Waals surface area contributed by atoms with Gasteiger partial charge in [0.15, 0.2) is 9.84 Å². The van der Waals surface area contributed by atoms with E-state index in [9.17, 15) is 8.42 Å². The molecule has 4 heteroatoms. The van der Waals surface area contributed by atoms with Crippen LogP contribution in [-0.2, 0) is 16.3 Å². The van der Waals surface area contributed by atoms with Crippen LogP contribution in [0.2, 0.25) is 0 Å². The Bertz CT molecular complexity index is 479. The van der Waals surface area contributed by atoms with Crippen LogP contribution in [0.1, 0.15) is 17.5 Å². The number of hydrogen-bond acceptors (Lipinski definition) is 2. The second kappa shape index (κ2) is 4.99. The number of benzene rings is 1. The van der Waals surface area contributed by atoms with E-state index >= 15 is 0 Å². The maximum absolute atomic E-state index is 11.4. The van der Waals surface area contributed by atoms with E-state index in [0.717, 1.165) is 6.42 Å². The molecule has 17 heavy (non-hydrogen) atoms. The molecule has 0 aromatic heterocycles. The van der Waals surface area contributed by atoms with E-state index in [2.05, 4.69) is 24.3 Å². The highest BCUT2D eigenvalue weighted by atomic mass is 35.5. The lowest BCUT2D eigenvalue weighted by Crippen LogP contribution is -2.18. The molecule has 0 spiro atoms. The third-order valence-electron chi connectivity index (χ3n) is 3.33. The molecule has 1 heterocycles. The molecule has 0 saturated carbocycles. The van der Waals surface area contributed by atoms with Crippen LogP contribution in [0.25, 0.3) is 0 Å². The van der Waals surface area contributed by atoms with Crippen molar-refractivity contribution in [1.29, 1.82) is 0 Å². The summed E-state index contributed by atoms with van der Waals surface area (Å²) in [4.78, 5) is 0. The number of sulfone groups is 1. The fraction of sp³-hybridized carbons (Fsp3) is 0.538. The Labute approximate surface area is 108 Å². The van der Waals surface area contributed by atoms with Crippen LogP contribution < -0.4 is 0 Å². The molecule has 94 valence electrons. The Morgan fingerprint density at radius 2 is 2.00 bits per heavy atom. The molecule has 0 aliphatic carbocycles. The van der Waals surface area contributed by atoms with Crippen molar-refractivity contribution >= 4 is 21.4 Å². The lowest BCUT2D eigenvalue weighted by Gasteiger charge is -2.15. The van der Waals surface area contributed by atoms with E-state index in [0.29, 0.717) is 12.2 Å². The maximum Gasteiger partial charge on any atom is 0.150 e. The van der Waals surface area contributed by atoms with E-state index < -0.39 is 9.84 Å². The second-order valence-electron chi connectivity index (χ2n) is 4.87. The van der Waals surface area contributed by atoms with Gasteiger partial charge in [-0.05, 0) is 31.2 Å². The third-order valence-corrected chi connectivity index (χ3v) is 5.63. The van der Waals surface area contributed by atoms with E-state index in [1.165, 1.54) is 11.1 Å². The van der Waals surface area contributed by atoms with Crippen molar-refractivity contribution in [2.45, 2.75) is 25.1 Å². The highest BCUT2D eigenvalue weighted by molar-refractivity contribution is 7.91. The lowest BCUT2D eigenvalue weighted by molar-refractivity contribution is 0.550. The van der Waals surface area contributed by atoms with Gasteiger partial charge in [-0.2, -0.15) is 0 Å². The van der Waals surface area contributed by atoms with Crippen molar-refractivity contribution < 1.29 is 8.42 Å². The zero-order valence-corrected chi connectivity index (χ0v) is 11.5. The maximum atomic E-state index is 11.4. The molecule has 0 N–H and O–H groups in total. The van der Waals surface area contributed by atoms with Gasteiger partial charge in [0, 0.05) is 5.38 Å². The highest BCUT2D eigenvalue weighted by Gasteiger charge is 2.32. The summed E-state index contributed by atoms with van der Waals surface area (Å²) in [6.45, 7) is 2.05. The molecule has 1 aliphatic rings. The number of aryl methyl sites for hydroxylation is 1. The average Bonchev–Trinajstić information content (AvgIpc) is 2.62. The molecule has 0 amide bonds. The quantitative estimate of drug-likeness (QED) is 0.793. The van der Waals surface area contributed by atoms with Gasteiger partial charge in [0.2, 0.25) is 0 Å². The molecule has 2 rings (SSSR count). The van der Waals surface area contributed by atoms with Crippen molar-refractivity contribution in [3.8, 4) is 0 Å². The second-order valence-corrected chi connectivity index (χ2v) is 7.66. The van der Waals surface area contributed by atoms with Crippen LogP contribution in [0.15, 0.2) is 24.3 Å². The van der Waals surface area contributed by atoms with Crippen LogP contribution in [0.5, 0.6) is 0 Å². The minimum absolute atomic E-state index is 0.0741. The molecule has 1 saturated heterocycles.